The van der Waals surface area contributed by atoms with Crippen LogP contribution in [0.2, 0.25) is 0 Å². The van der Waals surface area contributed by atoms with Gasteiger partial charge in [-0.15, -0.1) is 0 Å². The Morgan fingerprint density at radius 2 is 1.40 bits per heavy atom. The summed E-state index contributed by atoms with van der Waals surface area (Å²) in [6.45, 7) is 8.99. The molecule has 0 aliphatic rings. The third-order valence-electron chi connectivity index (χ3n) is 2.64. The molecule has 0 aromatic rings. The van der Waals surface area contributed by atoms with Gasteiger partial charge < -0.3 is 0 Å². The molecular weight excluding hydrogens is 163 g/mol. The van der Waals surface area contributed by atoms with Crippen molar-refractivity contribution in [3.05, 3.63) is 0 Å². The summed E-state index contributed by atoms with van der Waals surface area (Å²) < 4.78 is 0. The molecule has 0 aliphatic heterocycles. The van der Waals surface area contributed by atoms with E-state index in [0.717, 1.165) is 0 Å². The molecule has 1 atom stereocenters. The molecule has 0 amide bonds. The van der Waals surface area contributed by atoms with Crippen molar-refractivity contribution >= 4 is 18.9 Å². The Labute approximate surface area is 70.7 Å². The SMILES string of the molecule is CC[P+](CC)(CC)C(C)Cl. The lowest BCUT2D eigenvalue weighted by atomic mass is 10.9. The minimum Gasteiger partial charge on any atom is -0.0790 e. The molecule has 0 nitrogen and oxygen atoms in total. The molecule has 0 aromatic carbocycles. The van der Waals surface area contributed by atoms with E-state index in [1.165, 1.54) is 18.5 Å². The predicted octanol–water partition coefficient (Wildman–Crippen LogP) is 3.65. The Kier molecular flexibility index (Phi) is 4.90. The molecule has 0 aromatic heterocycles. The molecule has 10 heavy (non-hydrogen) atoms. The van der Waals surface area contributed by atoms with Crippen LogP contribution in [0.15, 0.2) is 0 Å². The molecule has 0 fully saturated rings. The first-order valence-electron chi connectivity index (χ1n) is 4.12. The highest BCUT2D eigenvalue weighted by atomic mass is 35.5. The predicted molar refractivity (Wildman–Crippen MR) is 53.9 cm³/mol. The average molecular weight is 182 g/mol. The van der Waals surface area contributed by atoms with Crippen molar-refractivity contribution in [1.82, 2.24) is 0 Å². The van der Waals surface area contributed by atoms with E-state index in [-0.39, 0.29) is 0 Å². The molecule has 0 saturated carbocycles. The summed E-state index contributed by atoms with van der Waals surface area (Å²) in [4.78, 5) is 0. The molecule has 0 aliphatic carbocycles. The molecule has 0 bridgehead atoms. The lowest BCUT2D eigenvalue weighted by molar-refractivity contribution is 1.21. The molecule has 0 radical (unpaired) electrons. The normalized spacial score (nSPS) is 15.3. The van der Waals surface area contributed by atoms with Crippen LogP contribution >= 0.6 is 18.9 Å². The van der Waals surface area contributed by atoms with Crippen LogP contribution in [0.25, 0.3) is 0 Å². The number of hydrogen-bond acceptors (Lipinski definition) is 0. The minimum absolute atomic E-state index is 0.424. The van der Waals surface area contributed by atoms with Crippen LogP contribution in [0.4, 0.5) is 0 Å². The standard InChI is InChI=1S/C8H19ClP/c1-5-10(6-2,7-3)8(4)9/h8H,5-7H2,1-4H3/q+1. The van der Waals surface area contributed by atoms with E-state index in [4.69, 9.17) is 11.6 Å². The van der Waals surface area contributed by atoms with E-state index in [1.807, 2.05) is 0 Å². The van der Waals surface area contributed by atoms with Crippen molar-refractivity contribution in [2.45, 2.75) is 32.8 Å². The fourth-order valence-corrected chi connectivity index (χ4v) is 5.52. The van der Waals surface area contributed by atoms with Crippen molar-refractivity contribution in [2.24, 2.45) is 0 Å². The van der Waals surface area contributed by atoms with E-state index in [1.54, 1.807) is 0 Å². The molecule has 1 unspecified atom stereocenters. The van der Waals surface area contributed by atoms with Crippen LogP contribution in [-0.4, -0.2) is 23.6 Å². The molecule has 0 N–H and O–H groups in total. The van der Waals surface area contributed by atoms with Gasteiger partial charge in [-0.2, -0.15) is 0 Å². The van der Waals surface area contributed by atoms with Crippen LogP contribution in [-0.2, 0) is 0 Å². The Hall–Kier alpha value is 0.720. The number of hydrogen-bond donors (Lipinski definition) is 0. The average Bonchev–Trinajstić information content (AvgIpc) is 1.92. The second kappa shape index (κ2) is 4.57. The van der Waals surface area contributed by atoms with Crippen molar-refractivity contribution in [3.63, 3.8) is 0 Å². The summed E-state index contributed by atoms with van der Waals surface area (Å²) in [5.41, 5.74) is 0. The number of halogens is 1. The zero-order chi connectivity index (χ0) is 8.20. The van der Waals surface area contributed by atoms with E-state index in [9.17, 15) is 0 Å². The van der Waals surface area contributed by atoms with Gasteiger partial charge in [0.1, 0.15) is 5.12 Å². The largest absolute Gasteiger partial charge is 0.139 e. The summed E-state index contributed by atoms with van der Waals surface area (Å²) in [7, 11) is -0.745. The molecule has 2 heteroatoms. The lowest BCUT2D eigenvalue weighted by Crippen LogP contribution is -2.10. The second-order valence-corrected chi connectivity index (χ2v) is 8.81. The topological polar surface area (TPSA) is 0 Å². The van der Waals surface area contributed by atoms with Crippen molar-refractivity contribution in [1.29, 1.82) is 0 Å². The van der Waals surface area contributed by atoms with Gasteiger partial charge in [0.15, 0.2) is 0 Å². The maximum absolute atomic E-state index is 6.15. The number of rotatable bonds is 4. The van der Waals surface area contributed by atoms with Crippen LogP contribution < -0.4 is 0 Å². The Morgan fingerprint density at radius 3 is 1.40 bits per heavy atom. The van der Waals surface area contributed by atoms with E-state index in [0.29, 0.717) is 5.12 Å². The maximum atomic E-state index is 6.15. The van der Waals surface area contributed by atoms with E-state index >= 15 is 0 Å². The molecular formula is C8H19ClP+. The first-order chi connectivity index (χ1) is 4.63. The maximum Gasteiger partial charge on any atom is 0.139 e. The highest BCUT2D eigenvalue weighted by Gasteiger charge is 2.36. The lowest BCUT2D eigenvalue weighted by Gasteiger charge is -2.25. The highest BCUT2D eigenvalue weighted by Crippen LogP contribution is 2.63. The van der Waals surface area contributed by atoms with Crippen LogP contribution in [0, 0.1) is 0 Å². The zero-order valence-corrected chi connectivity index (χ0v) is 9.17. The first-order valence-corrected chi connectivity index (χ1v) is 6.97. The fraction of sp³-hybridized carbons (Fsp3) is 1.00. The van der Waals surface area contributed by atoms with Gasteiger partial charge in [-0.3, -0.25) is 0 Å². The van der Waals surface area contributed by atoms with E-state index in [2.05, 4.69) is 27.7 Å². The van der Waals surface area contributed by atoms with Crippen molar-refractivity contribution in [3.8, 4) is 0 Å². The van der Waals surface area contributed by atoms with Gasteiger partial charge in [0.25, 0.3) is 0 Å². The summed E-state index contributed by atoms with van der Waals surface area (Å²) in [6, 6.07) is 0. The van der Waals surface area contributed by atoms with Crippen LogP contribution in [0.5, 0.6) is 0 Å². The van der Waals surface area contributed by atoms with Gasteiger partial charge >= 0.3 is 0 Å². The van der Waals surface area contributed by atoms with Gasteiger partial charge in [-0.05, 0) is 27.7 Å². The van der Waals surface area contributed by atoms with Gasteiger partial charge in [0.2, 0.25) is 0 Å². The third-order valence-corrected chi connectivity index (χ3v) is 9.17. The Balaban J connectivity index is 4.15. The summed E-state index contributed by atoms with van der Waals surface area (Å²) in [6.07, 6.45) is 3.93. The monoisotopic (exact) mass is 181 g/mol. The molecule has 62 valence electrons. The van der Waals surface area contributed by atoms with Crippen LogP contribution in [0.1, 0.15) is 27.7 Å². The van der Waals surface area contributed by atoms with E-state index < -0.39 is 7.26 Å². The molecule has 0 rings (SSSR count). The van der Waals surface area contributed by atoms with Gasteiger partial charge in [-0.1, -0.05) is 11.6 Å². The van der Waals surface area contributed by atoms with Crippen LogP contribution in [0.3, 0.4) is 0 Å². The summed E-state index contributed by atoms with van der Waals surface area (Å²) in [5, 5.41) is 0.424. The first kappa shape index (κ1) is 10.7. The summed E-state index contributed by atoms with van der Waals surface area (Å²) >= 11 is 6.15. The quantitative estimate of drug-likeness (QED) is 0.459. The molecule has 0 saturated heterocycles. The second-order valence-electron chi connectivity index (χ2n) is 2.74. The van der Waals surface area contributed by atoms with Crippen molar-refractivity contribution < 1.29 is 0 Å². The highest BCUT2D eigenvalue weighted by molar-refractivity contribution is 7.77. The molecule has 0 heterocycles. The third kappa shape index (κ3) is 2.10. The van der Waals surface area contributed by atoms with Crippen molar-refractivity contribution in [2.75, 3.05) is 18.5 Å². The zero-order valence-electron chi connectivity index (χ0n) is 7.52. The Morgan fingerprint density at radius 1 is 1.10 bits per heavy atom. The van der Waals surface area contributed by atoms with Gasteiger partial charge in [0.05, 0.1) is 18.5 Å². The van der Waals surface area contributed by atoms with Gasteiger partial charge in [-0.25, -0.2) is 0 Å². The smallest absolute Gasteiger partial charge is 0.0790 e. The summed E-state index contributed by atoms with van der Waals surface area (Å²) in [5.74, 6) is 0. The minimum atomic E-state index is -0.745. The van der Waals surface area contributed by atoms with Gasteiger partial charge in [0, 0.05) is 7.26 Å². The fourth-order valence-electron chi connectivity index (χ4n) is 1.43. The number of alkyl halides is 1. The Bertz CT molecular complexity index is 79.0. The molecule has 0 spiro atoms.